The first kappa shape index (κ1) is 7.83. The van der Waals surface area contributed by atoms with Crippen LogP contribution in [0.2, 0.25) is 5.02 Å². The van der Waals surface area contributed by atoms with Gasteiger partial charge in [-0.1, -0.05) is 11.6 Å². The molecule has 0 atom stereocenters. The van der Waals surface area contributed by atoms with Crippen LogP contribution in [0.3, 0.4) is 0 Å². The Morgan fingerprint density at radius 3 is 2.86 bits per heavy atom. The van der Waals surface area contributed by atoms with Crippen LogP contribution in [-0.2, 0) is 0 Å². The fourth-order valence-electron chi connectivity index (χ4n) is 1.61. The number of aromatic nitrogens is 1. The highest BCUT2D eigenvalue weighted by molar-refractivity contribution is 6.31. The Morgan fingerprint density at radius 2 is 1.93 bits per heavy atom. The zero-order valence-corrected chi connectivity index (χ0v) is 7.95. The maximum atomic E-state index is 5.87. The summed E-state index contributed by atoms with van der Waals surface area (Å²) in [4.78, 5) is 4.00. The third-order valence-electron chi connectivity index (χ3n) is 2.24. The van der Waals surface area contributed by atoms with Crippen LogP contribution in [-0.4, -0.2) is 4.98 Å². The zero-order valence-electron chi connectivity index (χ0n) is 7.20. The Hall–Kier alpha value is -1.54. The molecule has 0 spiro atoms. The highest BCUT2D eigenvalue weighted by Gasteiger charge is 2.05. The molecule has 0 saturated carbocycles. The molecule has 0 aliphatic carbocycles. The second-order valence-electron chi connectivity index (χ2n) is 3.11. The van der Waals surface area contributed by atoms with E-state index in [0.717, 1.165) is 21.9 Å². The second-order valence-corrected chi connectivity index (χ2v) is 3.55. The number of furan rings is 1. The van der Waals surface area contributed by atoms with Gasteiger partial charge in [0.1, 0.15) is 5.58 Å². The molecule has 1 aromatic carbocycles. The summed E-state index contributed by atoms with van der Waals surface area (Å²) in [5.41, 5.74) is 1.60. The van der Waals surface area contributed by atoms with E-state index in [1.54, 1.807) is 12.4 Å². The predicted molar refractivity (Wildman–Crippen MR) is 56.5 cm³/mol. The van der Waals surface area contributed by atoms with E-state index in [-0.39, 0.29) is 0 Å². The summed E-state index contributed by atoms with van der Waals surface area (Å²) >= 11 is 5.87. The average molecular weight is 204 g/mol. The van der Waals surface area contributed by atoms with Crippen molar-refractivity contribution in [1.29, 1.82) is 0 Å². The summed E-state index contributed by atoms with van der Waals surface area (Å²) in [6, 6.07) is 7.58. The molecule has 0 amide bonds. The normalized spacial score (nSPS) is 11.2. The van der Waals surface area contributed by atoms with Crippen LogP contribution in [0.15, 0.2) is 41.1 Å². The van der Waals surface area contributed by atoms with E-state index < -0.39 is 0 Å². The number of pyridine rings is 1. The van der Waals surface area contributed by atoms with E-state index >= 15 is 0 Å². The van der Waals surface area contributed by atoms with Crippen molar-refractivity contribution in [2.75, 3.05) is 0 Å². The molecule has 0 bridgehead atoms. The maximum absolute atomic E-state index is 5.87. The zero-order chi connectivity index (χ0) is 9.54. The van der Waals surface area contributed by atoms with Crippen LogP contribution < -0.4 is 0 Å². The van der Waals surface area contributed by atoms with Crippen molar-refractivity contribution in [3.63, 3.8) is 0 Å². The molecule has 0 aliphatic heterocycles. The Balaban J connectivity index is 2.57. The van der Waals surface area contributed by atoms with E-state index in [0.29, 0.717) is 5.02 Å². The lowest BCUT2D eigenvalue weighted by Crippen LogP contribution is -1.68. The highest BCUT2D eigenvalue weighted by atomic mass is 35.5. The molecule has 0 N–H and O–H groups in total. The Bertz CT molecular complexity index is 615. The van der Waals surface area contributed by atoms with Crippen molar-refractivity contribution < 1.29 is 4.42 Å². The molecular weight excluding hydrogens is 198 g/mol. The topological polar surface area (TPSA) is 26.0 Å². The number of hydrogen-bond donors (Lipinski definition) is 0. The fourth-order valence-corrected chi connectivity index (χ4v) is 1.77. The molecule has 0 saturated heterocycles. The Labute approximate surface area is 85.1 Å². The molecule has 3 heteroatoms. The SMILES string of the molecule is Clc1ccc2c(c1)oc1cnccc12. The van der Waals surface area contributed by atoms with Crippen molar-refractivity contribution in [1.82, 2.24) is 4.98 Å². The van der Waals surface area contributed by atoms with Crippen LogP contribution in [0, 0.1) is 0 Å². The number of rotatable bonds is 0. The van der Waals surface area contributed by atoms with Gasteiger partial charge in [-0.25, -0.2) is 0 Å². The van der Waals surface area contributed by atoms with Crippen molar-refractivity contribution in [3.8, 4) is 0 Å². The fraction of sp³-hybridized carbons (Fsp3) is 0. The van der Waals surface area contributed by atoms with Crippen LogP contribution in [0.5, 0.6) is 0 Å². The molecule has 68 valence electrons. The standard InChI is InChI=1S/C11H6ClNO/c12-7-1-2-8-9-3-4-13-6-11(9)14-10(8)5-7/h1-6H. The van der Waals surface area contributed by atoms with Crippen molar-refractivity contribution in [2.45, 2.75) is 0 Å². The van der Waals surface area contributed by atoms with Gasteiger partial charge in [-0.3, -0.25) is 4.98 Å². The summed E-state index contributed by atoms with van der Waals surface area (Å²) in [7, 11) is 0. The van der Waals surface area contributed by atoms with Gasteiger partial charge in [0.15, 0.2) is 5.58 Å². The van der Waals surface area contributed by atoms with Crippen molar-refractivity contribution >= 4 is 33.5 Å². The largest absolute Gasteiger partial charge is 0.454 e. The molecule has 14 heavy (non-hydrogen) atoms. The first-order valence-electron chi connectivity index (χ1n) is 4.26. The van der Waals surface area contributed by atoms with Gasteiger partial charge < -0.3 is 4.42 Å². The number of benzene rings is 1. The Kier molecular flexibility index (Phi) is 1.52. The molecule has 2 heterocycles. The van der Waals surface area contributed by atoms with Crippen molar-refractivity contribution in [2.24, 2.45) is 0 Å². The first-order valence-corrected chi connectivity index (χ1v) is 4.64. The first-order chi connectivity index (χ1) is 6.84. The molecule has 0 fully saturated rings. The summed E-state index contributed by atoms with van der Waals surface area (Å²) in [6.07, 6.45) is 3.47. The lowest BCUT2D eigenvalue weighted by Gasteiger charge is -1.88. The summed E-state index contributed by atoms with van der Waals surface area (Å²) < 4.78 is 5.59. The van der Waals surface area contributed by atoms with Crippen LogP contribution >= 0.6 is 11.6 Å². The summed E-state index contributed by atoms with van der Waals surface area (Å²) in [6.45, 7) is 0. The highest BCUT2D eigenvalue weighted by Crippen LogP contribution is 2.29. The molecule has 0 unspecified atom stereocenters. The average Bonchev–Trinajstić information content (AvgIpc) is 2.54. The van der Waals surface area contributed by atoms with Crippen LogP contribution in [0.25, 0.3) is 21.9 Å². The summed E-state index contributed by atoms with van der Waals surface area (Å²) in [5.74, 6) is 0. The second kappa shape index (κ2) is 2.72. The molecule has 2 nitrogen and oxygen atoms in total. The maximum Gasteiger partial charge on any atom is 0.153 e. The number of hydrogen-bond acceptors (Lipinski definition) is 2. The van der Waals surface area contributed by atoms with Gasteiger partial charge in [0.2, 0.25) is 0 Å². The molecule has 2 aromatic heterocycles. The minimum Gasteiger partial charge on any atom is -0.454 e. The van der Waals surface area contributed by atoms with Crippen molar-refractivity contribution in [3.05, 3.63) is 41.7 Å². The third kappa shape index (κ3) is 1.01. The van der Waals surface area contributed by atoms with Gasteiger partial charge in [-0.2, -0.15) is 0 Å². The number of nitrogens with zero attached hydrogens (tertiary/aromatic N) is 1. The van der Waals surface area contributed by atoms with Gasteiger partial charge in [0, 0.05) is 28.1 Å². The predicted octanol–water partition coefficient (Wildman–Crippen LogP) is 3.63. The van der Waals surface area contributed by atoms with Gasteiger partial charge in [-0.05, 0) is 18.2 Å². The lowest BCUT2D eigenvalue weighted by molar-refractivity contribution is 0.667. The van der Waals surface area contributed by atoms with E-state index in [9.17, 15) is 0 Å². The molecule has 0 aliphatic rings. The quantitative estimate of drug-likeness (QED) is 0.558. The smallest absolute Gasteiger partial charge is 0.153 e. The monoisotopic (exact) mass is 203 g/mol. The van der Waals surface area contributed by atoms with Gasteiger partial charge >= 0.3 is 0 Å². The molecular formula is C11H6ClNO. The lowest BCUT2D eigenvalue weighted by atomic mass is 10.2. The van der Waals surface area contributed by atoms with E-state index in [1.807, 2.05) is 24.3 Å². The number of fused-ring (bicyclic) bond motifs is 3. The minimum atomic E-state index is 0.685. The molecule has 0 radical (unpaired) electrons. The Morgan fingerprint density at radius 1 is 1.07 bits per heavy atom. The van der Waals surface area contributed by atoms with E-state index in [4.69, 9.17) is 16.0 Å². The van der Waals surface area contributed by atoms with Gasteiger partial charge in [0.25, 0.3) is 0 Å². The number of halogens is 1. The van der Waals surface area contributed by atoms with Crippen LogP contribution in [0.1, 0.15) is 0 Å². The van der Waals surface area contributed by atoms with E-state index in [2.05, 4.69) is 4.98 Å². The van der Waals surface area contributed by atoms with Crippen LogP contribution in [0.4, 0.5) is 0 Å². The van der Waals surface area contributed by atoms with Gasteiger partial charge in [0.05, 0.1) is 6.20 Å². The summed E-state index contributed by atoms with van der Waals surface area (Å²) in [5, 5.41) is 2.84. The molecule has 3 rings (SSSR count). The minimum absolute atomic E-state index is 0.685. The third-order valence-corrected chi connectivity index (χ3v) is 2.47. The van der Waals surface area contributed by atoms with E-state index in [1.165, 1.54) is 0 Å². The van der Waals surface area contributed by atoms with Gasteiger partial charge in [-0.15, -0.1) is 0 Å². The molecule has 3 aromatic rings.